The summed E-state index contributed by atoms with van der Waals surface area (Å²) in [4.78, 5) is 24.5. The second-order valence-electron chi connectivity index (χ2n) is 6.58. The summed E-state index contributed by atoms with van der Waals surface area (Å²) in [5.41, 5.74) is 2.12. The van der Waals surface area contributed by atoms with Gasteiger partial charge in [0.25, 0.3) is 0 Å². The van der Waals surface area contributed by atoms with Crippen molar-refractivity contribution < 1.29 is 23.8 Å². The predicted octanol–water partition coefficient (Wildman–Crippen LogP) is 2.94. The Bertz CT molecular complexity index is 851. The molecule has 1 aliphatic heterocycles. The van der Waals surface area contributed by atoms with Crippen LogP contribution in [0.5, 0.6) is 5.75 Å². The van der Waals surface area contributed by atoms with Gasteiger partial charge in [-0.25, -0.2) is 4.79 Å². The molecule has 3 rings (SSSR count). The third-order valence-electron chi connectivity index (χ3n) is 4.54. The second-order valence-corrected chi connectivity index (χ2v) is 6.58. The van der Waals surface area contributed by atoms with Crippen LogP contribution in [0.25, 0.3) is 0 Å². The molecule has 1 saturated heterocycles. The first-order valence-corrected chi connectivity index (χ1v) is 9.27. The molecule has 2 N–H and O–H groups in total. The van der Waals surface area contributed by atoms with E-state index in [0.29, 0.717) is 24.7 Å². The molecule has 0 unspecified atom stereocenters. The highest BCUT2D eigenvalue weighted by Gasteiger charge is 2.38. The average molecular weight is 396 g/mol. The van der Waals surface area contributed by atoms with E-state index in [-0.39, 0.29) is 6.61 Å². The molecule has 0 radical (unpaired) electrons. The van der Waals surface area contributed by atoms with Crippen LogP contribution >= 0.6 is 0 Å². The lowest BCUT2D eigenvalue weighted by Gasteiger charge is -2.33. The van der Waals surface area contributed by atoms with Gasteiger partial charge in [-0.3, -0.25) is 4.79 Å². The highest BCUT2D eigenvalue weighted by molar-refractivity contribution is 5.85. The third-order valence-corrected chi connectivity index (χ3v) is 4.54. The lowest BCUT2D eigenvalue weighted by atomic mass is 9.89. The van der Waals surface area contributed by atoms with E-state index in [1.165, 1.54) is 7.11 Å². The van der Waals surface area contributed by atoms with Gasteiger partial charge in [0.2, 0.25) is 0 Å². The number of methoxy groups -OCH3 is 1. The Labute approximate surface area is 169 Å². The van der Waals surface area contributed by atoms with Crippen LogP contribution < -0.4 is 15.4 Å². The Hall–Kier alpha value is -3.32. The maximum atomic E-state index is 12.5. The van der Waals surface area contributed by atoms with Gasteiger partial charge in [-0.1, -0.05) is 49.0 Å². The maximum Gasteiger partial charge on any atom is 0.319 e. The molecule has 7 heteroatoms. The number of carbonyl (C=O) groups excluding carboxylic acids is 2. The molecule has 2 aromatic rings. The number of hydrogen-bond donors (Lipinski definition) is 2. The highest BCUT2D eigenvalue weighted by atomic mass is 16.6. The molecule has 2 amide bonds. The quantitative estimate of drug-likeness (QED) is 0.529. The number of nitrogens with one attached hydrogen (secondary N) is 2. The number of ether oxygens (including phenoxy) is 3. The van der Waals surface area contributed by atoms with E-state index in [2.05, 4.69) is 17.2 Å². The summed E-state index contributed by atoms with van der Waals surface area (Å²) in [6, 6.07) is 16.1. The van der Waals surface area contributed by atoms with E-state index in [0.717, 1.165) is 11.1 Å². The van der Waals surface area contributed by atoms with E-state index >= 15 is 0 Å². The van der Waals surface area contributed by atoms with Gasteiger partial charge in [0, 0.05) is 12.8 Å². The highest BCUT2D eigenvalue weighted by Crippen LogP contribution is 2.31. The smallest absolute Gasteiger partial charge is 0.319 e. The molecule has 1 aliphatic rings. The van der Waals surface area contributed by atoms with Crippen molar-refractivity contribution in [2.45, 2.75) is 12.6 Å². The van der Waals surface area contributed by atoms with E-state index < -0.39 is 24.0 Å². The van der Waals surface area contributed by atoms with Gasteiger partial charge in [-0.2, -0.15) is 0 Å². The molecule has 0 spiro atoms. The zero-order valence-electron chi connectivity index (χ0n) is 16.2. The standard InChI is InChI=1S/C22H24N2O5/c1-15-19(21(25)28-13-12-27-2)20(24-22(26)23-15)17-8-10-18(11-9-17)29-14-16-6-4-3-5-7-16/h3-11,19-20H,1,12-14H2,2H3,(H2,23,24,26)/t19-,20+/m0/s1. The van der Waals surface area contributed by atoms with Gasteiger partial charge in [0.1, 0.15) is 24.9 Å². The minimum atomic E-state index is -0.749. The molecule has 0 aliphatic carbocycles. The minimum absolute atomic E-state index is 0.131. The molecule has 1 heterocycles. The number of amides is 2. The van der Waals surface area contributed by atoms with Crippen molar-refractivity contribution in [3.05, 3.63) is 78.0 Å². The summed E-state index contributed by atoms with van der Waals surface area (Å²) in [6.45, 7) is 4.70. The number of carbonyl (C=O) groups is 2. The number of rotatable bonds is 8. The zero-order chi connectivity index (χ0) is 20.6. The lowest BCUT2D eigenvalue weighted by molar-refractivity contribution is -0.149. The Morgan fingerprint density at radius 2 is 1.79 bits per heavy atom. The molecular weight excluding hydrogens is 372 g/mol. The van der Waals surface area contributed by atoms with Crippen LogP contribution in [-0.4, -0.2) is 32.3 Å². The van der Waals surface area contributed by atoms with Crippen LogP contribution in [0, 0.1) is 5.92 Å². The molecular formula is C22H24N2O5. The van der Waals surface area contributed by atoms with Crippen LogP contribution in [0.3, 0.4) is 0 Å². The normalized spacial score (nSPS) is 18.5. The minimum Gasteiger partial charge on any atom is -0.489 e. The van der Waals surface area contributed by atoms with E-state index in [4.69, 9.17) is 14.2 Å². The fourth-order valence-electron chi connectivity index (χ4n) is 3.07. The van der Waals surface area contributed by atoms with Gasteiger partial charge >= 0.3 is 12.0 Å². The van der Waals surface area contributed by atoms with Crippen LogP contribution in [0.15, 0.2) is 66.9 Å². The summed E-state index contributed by atoms with van der Waals surface area (Å²) < 4.78 is 15.9. The van der Waals surface area contributed by atoms with Crippen molar-refractivity contribution in [1.29, 1.82) is 0 Å². The number of hydrogen-bond acceptors (Lipinski definition) is 5. The SMILES string of the molecule is C=C1NC(=O)N[C@H](c2ccc(OCc3ccccc3)cc2)[C@H]1C(=O)OCCOC. The number of benzene rings is 2. The average Bonchev–Trinajstić information content (AvgIpc) is 2.73. The molecule has 0 bridgehead atoms. The van der Waals surface area contributed by atoms with Gasteiger partial charge in [-0.15, -0.1) is 0 Å². The Balaban J connectivity index is 1.70. The molecule has 7 nitrogen and oxygen atoms in total. The van der Waals surface area contributed by atoms with Crippen molar-refractivity contribution >= 4 is 12.0 Å². The molecule has 0 saturated carbocycles. The van der Waals surface area contributed by atoms with Gasteiger partial charge in [-0.05, 0) is 23.3 Å². The van der Waals surface area contributed by atoms with Crippen LogP contribution in [0.1, 0.15) is 17.2 Å². The van der Waals surface area contributed by atoms with Crippen LogP contribution in [-0.2, 0) is 20.9 Å². The van der Waals surface area contributed by atoms with Crippen molar-refractivity contribution in [1.82, 2.24) is 10.6 Å². The summed E-state index contributed by atoms with van der Waals surface area (Å²) in [5.74, 6) is -0.537. The molecule has 152 valence electrons. The third kappa shape index (κ3) is 5.36. The zero-order valence-corrected chi connectivity index (χ0v) is 16.2. The number of urea groups is 1. The van der Waals surface area contributed by atoms with Crippen LogP contribution in [0.4, 0.5) is 4.79 Å². The molecule has 29 heavy (non-hydrogen) atoms. The largest absolute Gasteiger partial charge is 0.489 e. The predicted molar refractivity (Wildman–Crippen MR) is 107 cm³/mol. The molecule has 1 fully saturated rings. The Morgan fingerprint density at radius 1 is 1.07 bits per heavy atom. The van der Waals surface area contributed by atoms with Crippen molar-refractivity contribution in [2.24, 2.45) is 5.92 Å². The lowest BCUT2D eigenvalue weighted by Crippen LogP contribution is -2.51. The second kappa shape index (κ2) is 9.75. The molecule has 2 aromatic carbocycles. The Morgan fingerprint density at radius 3 is 2.48 bits per heavy atom. The first kappa shape index (κ1) is 20.4. The van der Waals surface area contributed by atoms with Crippen molar-refractivity contribution in [2.75, 3.05) is 20.3 Å². The van der Waals surface area contributed by atoms with E-state index in [9.17, 15) is 9.59 Å². The maximum absolute atomic E-state index is 12.5. The first-order valence-electron chi connectivity index (χ1n) is 9.27. The molecule has 0 aromatic heterocycles. The number of esters is 1. The van der Waals surface area contributed by atoms with Crippen molar-refractivity contribution in [3.8, 4) is 5.75 Å². The van der Waals surface area contributed by atoms with E-state index in [1.54, 1.807) is 0 Å². The van der Waals surface area contributed by atoms with Crippen molar-refractivity contribution in [3.63, 3.8) is 0 Å². The summed E-state index contributed by atoms with van der Waals surface area (Å²) in [5, 5.41) is 5.33. The Kier molecular flexibility index (Phi) is 6.86. The summed E-state index contributed by atoms with van der Waals surface area (Å²) in [6.07, 6.45) is 0. The fourth-order valence-corrected chi connectivity index (χ4v) is 3.07. The topological polar surface area (TPSA) is 85.9 Å². The fraction of sp³-hybridized carbons (Fsp3) is 0.273. The van der Waals surface area contributed by atoms with Gasteiger partial charge in [0.05, 0.1) is 12.6 Å². The summed E-state index contributed by atoms with van der Waals surface area (Å²) in [7, 11) is 1.53. The monoisotopic (exact) mass is 396 g/mol. The first-order chi connectivity index (χ1) is 14.1. The summed E-state index contributed by atoms with van der Waals surface area (Å²) >= 11 is 0. The van der Waals surface area contributed by atoms with Gasteiger partial charge < -0.3 is 24.8 Å². The van der Waals surface area contributed by atoms with Gasteiger partial charge in [0.15, 0.2) is 0 Å². The van der Waals surface area contributed by atoms with E-state index in [1.807, 2.05) is 54.6 Å². The molecule has 2 atom stereocenters. The van der Waals surface area contributed by atoms with Crippen LogP contribution in [0.2, 0.25) is 0 Å².